The van der Waals surface area contributed by atoms with Gasteiger partial charge in [-0.05, 0) is 50.6 Å². The van der Waals surface area contributed by atoms with Crippen molar-refractivity contribution in [1.29, 1.82) is 0 Å². The number of hydrogen-bond donors (Lipinski definition) is 1. The van der Waals surface area contributed by atoms with Crippen LogP contribution < -0.4 is 14.2 Å². The van der Waals surface area contributed by atoms with Gasteiger partial charge in [0.25, 0.3) is 10.0 Å². The van der Waals surface area contributed by atoms with Crippen LogP contribution >= 0.6 is 0 Å². The highest BCUT2D eigenvalue weighted by atomic mass is 32.2. The molecule has 9 nitrogen and oxygen atoms in total. The molecule has 1 saturated heterocycles. The summed E-state index contributed by atoms with van der Waals surface area (Å²) in [5.41, 5.74) is 0.674. The Hall–Kier alpha value is -2.34. The van der Waals surface area contributed by atoms with Gasteiger partial charge in [-0.3, -0.25) is 4.72 Å². The fourth-order valence-electron chi connectivity index (χ4n) is 3.28. The van der Waals surface area contributed by atoms with Crippen molar-refractivity contribution in [1.82, 2.24) is 4.31 Å². The first-order valence-electron chi connectivity index (χ1n) is 10.3. The Morgan fingerprint density at radius 2 is 1.59 bits per heavy atom. The molecule has 1 fully saturated rings. The zero-order chi connectivity index (χ0) is 23.4. The number of nitrogens with zero attached hydrogens (tertiary/aromatic N) is 1. The maximum atomic E-state index is 13.1. The monoisotopic (exact) mass is 484 g/mol. The van der Waals surface area contributed by atoms with Gasteiger partial charge in [0.05, 0.1) is 41.9 Å². The van der Waals surface area contributed by atoms with Crippen molar-refractivity contribution in [2.24, 2.45) is 0 Å². The minimum Gasteiger partial charge on any atom is -0.490 e. The van der Waals surface area contributed by atoms with Crippen molar-refractivity contribution in [3.05, 3.63) is 42.0 Å². The van der Waals surface area contributed by atoms with Crippen LogP contribution in [0, 0.1) is 6.92 Å². The normalized spacial score (nSPS) is 15.3. The maximum Gasteiger partial charge on any atom is 0.262 e. The fraction of sp³-hybridized carbons (Fsp3) is 0.429. The number of rotatable bonds is 9. The summed E-state index contributed by atoms with van der Waals surface area (Å²) in [6, 6.07) is 8.78. The van der Waals surface area contributed by atoms with E-state index in [0.717, 1.165) is 0 Å². The van der Waals surface area contributed by atoms with Gasteiger partial charge in [0, 0.05) is 19.2 Å². The molecule has 32 heavy (non-hydrogen) atoms. The van der Waals surface area contributed by atoms with Gasteiger partial charge in [-0.2, -0.15) is 4.31 Å². The van der Waals surface area contributed by atoms with Gasteiger partial charge in [0.15, 0.2) is 11.5 Å². The molecule has 0 saturated carbocycles. The smallest absolute Gasteiger partial charge is 0.262 e. The van der Waals surface area contributed by atoms with Crippen LogP contribution in [0.15, 0.2) is 46.2 Å². The van der Waals surface area contributed by atoms with Crippen LogP contribution in [-0.4, -0.2) is 60.7 Å². The Labute approximate surface area is 189 Å². The highest BCUT2D eigenvalue weighted by Gasteiger charge is 2.28. The molecule has 0 aromatic heterocycles. The van der Waals surface area contributed by atoms with E-state index in [0.29, 0.717) is 43.5 Å². The molecule has 176 valence electrons. The van der Waals surface area contributed by atoms with E-state index in [9.17, 15) is 16.8 Å². The average Bonchev–Trinajstić information content (AvgIpc) is 2.77. The van der Waals surface area contributed by atoms with E-state index in [4.69, 9.17) is 14.2 Å². The first kappa shape index (κ1) is 24.3. The number of nitrogens with one attached hydrogen (secondary N) is 1. The number of anilines is 1. The minimum atomic E-state index is -4.00. The van der Waals surface area contributed by atoms with Crippen LogP contribution in [0.1, 0.15) is 19.4 Å². The van der Waals surface area contributed by atoms with E-state index < -0.39 is 20.0 Å². The molecule has 0 radical (unpaired) electrons. The molecule has 0 aliphatic carbocycles. The Kier molecular flexibility index (Phi) is 7.65. The number of benzene rings is 2. The highest BCUT2D eigenvalue weighted by Crippen LogP contribution is 2.31. The molecule has 0 unspecified atom stereocenters. The number of sulfonamides is 2. The SMILES string of the molecule is CCOc1ccc(S(=O)(=O)Nc2ccc(C)c(S(=O)(=O)N3CCOCC3)c2)cc1OCC. The topological polar surface area (TPSA) is 111 Å². The second kappa shape index (κ2) is 10.1. The first-order valence-corrected chi connectivity index (χ1v) is 13.2. The molecule has 0 spiro atoms. The molecule has 1 N–H and O–H groups in total. The standard InChI is InChI=1S/C21H28N2O7S2/c1-4-29-19-9-8-18(15-20(19)30-5-2)31(24,25)22-17-7-6-16(3)21(14-17)32(26,27)23-10-12-28-13-11-23/h6-9,14-15,22H,4-5,10-13H2,1-3H3. The summed E-state index contributed by atoms with van der Waals surface area (Å²) in [5.74, 6) is 0.763. The van der Waals surface area contributed by atoms with Crippen LogP contribution in [0.2, 0.25) is 0 Å². The van der Waals surface area contributed by atoms with E-state index in [1.807, 2.05) is 6.92 Å². The third-order valence-corrected chi connectivity index (χ3v) is 8.27. The van der Waals surface area contributed by atoms with Gasteiger partial charge in [0.2, 0.25) is 10.0 Å². The van der Waals surface area contributed by atoms with Gasteiger partial charge >= 0.3 is 0 Å². The lowest BCUT2D eigenvalue weighted by molar-refractivity contribution is 0.0730. The summed E-state index contributed by atoms with van der Waals surface area (Å²) in [4.78, 5) is 0.0314. The molecule has 1 aliphatic heterocycles. The predicted octanol–water partition coefficient (Wildman–Crippen LogP) is 2.61. The van der Waals surface area contributed by atoms with Crippen LogP contribution in [-0.2, 0) is 24.8 Å². The van der Waals surface area contributed by atoms with E-state index in [-0.39, 0.29) is 28.6 Å². The summed E-state index contributed by atoms with van der Waals surface area (Å²) >= 11 is 0. The zero-order valence-electron chi connectivity index (χ0n) is 18.3. The van der Waals surface area contributed by atoms with Gasteiger partial charge in [0.1, 0.15) is 0 Å². The first-order chi connectivity index (χ1) is 15.2. The number of hydrogen-bond acceptors (Lipinski definition) is 7. The Morgan fingerprint density at radius 3 is 2.25 bits per heavy atom. The molecular weight excluding hydrogens is 456 g/mol. The van der Waals surface area contributed by atoms with Crippen LogP contribution in [0.4, 0.5) is 5.69 Å². The Bertz CT molecular complexity index is 1160. The predicted molar refractivity (Wildman–Crippen MR) is 120 cm³/mol. The lowest BCUT2D eigenvalue weighted by Gasteiger charge is -2.27. The summed E-state index contributed by atoms with van der Waals surface area (Å²) < 4.78 is 72.2. The molecule has 3 rings (SSSR count). The number of ether oxygens (including phenoxy) is 3. The molecule has 1 aliphatic rings. The third kappa shape index (κ3) is 5.34. The molecule has 2 aromatic rings. The largest absolute Gasteiger partial charge is 0.490 e. The van der Waals surface area contributed by atoms with Crippen molar-refractivity contribution in [3.63, 3.8) is 0 Å². The highest BCUT2D eigenvalue weighted by molar-refractivity contribution is 7.92. The second-order valence-electron chi connectivity index (χ2n) is 7.08. The fourth-order valence-corrected chi connectivity index (χ4v) is 6.00. The second-order valence-corrected chi connectivity index (χ2v) is 10.7. The van der Waals surface area contributed by atoms with Crippen molar-refractivity contribution >= 4 is 25.7 Å². The van der Waals surface area contributed by atoms with Crippen molar-refractivity contribution in [3.8, 4) is 11.5 Å². The summed E-state index contributed by atoms with van der Waals surface area (Å²) in [5, 5.41) is 0. The van der Waals surface area contributed by atoms with Crippen molar-refractivity contribution < 1.29 is 31.0 Å². The number of morpholine rings is 1. The maximum absolute atomic E-state index is 13.1. The molecule has 0 bridgehead atoms. The van der Waals surface area contributed by atoms with Crippen LogP contribution in [0.5, 0.6) is 11.5 Å². The molecule has 2 aromatic carbocycles. The average molecular weight is 485 g/mol. The Morgan fingerprint density at radius 1 is 0.938 bits per heavy atom. The quantitative estimate of drug-likeness (QED) is 0.582. The van der Waals surface area contributed by atoms with Gasteiger partial charge in [-0.15, -0.1) is 0 Å². The van der Waals surface area contributed by atoms with Crippen LogP contribution in [0.3, 0.4) is 0 Å². The lowest BCUT2D eigenvalue weighted by Crippen LogP contribution is -2.40. The van der Waals surface area contributed by atoms with Crippen LogP contribution in [0.25, 0.3) is 0 Å². The van der Waals surface area contributed by atoms with E-state index in [2.05, 4.69) is 4.72 Å². The lowest BCUT2D eigenvalue weighted by atomic mass is 10.2. The van der Waals surface area contributed by atoms with Crippen molar-refractivity contribution in [2.75, 3.05) is 44.2 Å². The molecular formula is C21H28N2O7S2. The summed E-state index contributed by atoms with van der Waals surface area (Å²) in [6.45, 7) is 7.20. The number of aryl methyl sites for hydroxylation is 1. The van der Waals surface area contributed by atoms with Gasteiger partial charge in [-0.1, -0.05) is 6.07 Å². The summed E-state index contributed by atoms with van der Waals surface area (Å²) in [7, 11) is -7.78. The molecule has 0 atom stereocenters. The Balaban J connectivity index is 1.91. The van der Waals surface area contributed by atoms with Gasteiger partial charge in [-0.25, -0.2) is 16.8 Å². The van der Waals surface area contributed by atoms with E-state index in [1.165, 1.54) is 34.6 Å². The van der Waals surface area contributed by atoms with E-state index in [1.54, 1.807) is 19.9 Å². The van der Waals surface area contributed by atoms with Gasteiger partial charge < -0.3 is 14.2 Å². The van der Waals surface area contributed by atoms with E-state index >= 15 is 0 Å². The molecule has 11 heteroatoms. The molecule has 0 amide bonds. The molecule has 1 heterocycles. The third-order valence-electron chi connectivity index (χ3n) is 4.85. The van der Waals surface area contributed by atoms with Crippen molar-refractivity contribution in [2.45, 2.75) is 30.6 Å². The zero-order valence-corrected chi connectivity index (χ0v) is 20.0. The minimum absolute atomic E-state index is 0.0254. The summed E-state index contributed by atoms with van der Waals surface area (Å²) in [6.07, 6.45) is 0.